The van der Waals surface area contributed by atoms with Crippen LogP contribution in [0.1, 0.15) is 42.5 Å². The summed E-state index contributed by atoms with van der Waals surface area (Å²) in [5, 5.41) is 7.91. The molecule has 3 aromatic rings. The van der Waals surface area contributed by atoms with E-state index in [2.05, 4.69) is 44.2 Å². The van der Waals surface area contributed by atoms with Crippen molar-refractivity contribution in [3.05, 3.63) is 71.3 Å². The first-order valence-corrected chi connectivity index (χ1v) is 9.83. The number of hydrogen-bond acceptors (Lipinski definition) is 3. The lowest BCUT2D eigenvalue weighted by molar-refractivity contribution is -0.137. The van der Waals surface area contributed by atoms with Crippen molar-refractivity contribution >= 4 is 52.3 Å². The minimum atomic E-state index is -0.711. The monoisotopic (exact) mass is 398 g/mol. The van der Waals surface area contributed by atoms with E-state index in [9.17, 15) is 4.79 Å². The van der Waals surface area contributed by atoms with Gasteiger partial charge in [-0.25, -0.2) is 9.97 Å². The van der Waals surface area contributed by atoms with Gasteiger partial charge in [-0.15, -0.1) is 0 Å². The van der Waals surface area contributed by atoms with E-state index >= 15 is 0 Å². The van der Waals surface area contributed by atoms with Crippen molar-refractivity contribution in [2.45, 2.75) is 19.8 Å². The Hall–Kier alpha value is -3.93. The van der Waals surface area contributed by atoms with E-state index in [0.717, 1.165) is 51.3 Å². The van der Waals surface area contributed by atoms with Crippen molar-refractivity contribution in [2.24, 2.45) is 0 Å². The van der Waals surface area contributed by atoms with Crippen LogP contribution in [0.5, 0.6) is 0 Å². The van der Waals surface area contributed by atoms with Gasteiger partial charge in [-0.05, 0) is 79.3 Å². The van der Waals surface area contributed by atoms with Crippen molar-refractivity contribution in [3.63, 3.8) is 0 Å². The normalized spacial score (nSPS) is 11.8. The van der Waals surface area contributed by atoms with Crippen LogP contribution in [0.25, 0.3) is 46.4 Å². The Morgan fingerprint density at radius 1 is 0.733 bits per heavy atom. The van der Waals surface area contributed by atoms with E-state index in [-0.39, 0.29) is 0 Å². The molecule has 6 heteroatoms. The second-order valence-corrected chi connectivity index (χ2v) is 7.05. The molecule has 8 bridgehead atoms. The Morgan fingerprint density at radius 2 is 1.07 bits per heavy atom. The molecule has 0 aliphatic carbocycles. The van der Waals surface area contributed by atoms with Gasteiger partial charge >= 0.3 is 5.97 Å². The SMILES string of the molecule is C1=Cc2cc3ccc(cc4nc(cc5ccc(cc1n2)[nH]5)C=C4)[nH]3.CCCC(=O)O. The summed E-state index contributed by atoms with van der Waals surface area (Å²) in [6.45, 7) is 1.84. The minimum absolute atomic E-state index is 0.292. The number of carboxylic acid groups (broad SMARTS) is 1. The topological polar surface area (TPSA) is 94.7 Å². The van der Waals surface area contributed by atoms with Gasteiger partial charge in [0, 0.05) is 28.5 Å². The van der Waals surface area contributed by atoms with Gasteiger partial charge in [-0.3, -0.25) is 4.79 Å². The molecule has 3 aromatic heterocycles. The summed E-state index contributed by atoms with van der Waals surface area (Å²) in [5.41, 5.74) is 7.86. The maximum atomic E-state index is 9.60. The van der Waals surface area contributed by atoms with Crippen molar-refractivity contribution in [3.8, 4) is 0 Å². The molecular formula is C24H22N4O2. The number of carboxylic acids is 1. The number of aliphatic carboxylic acids is 1. The number of nitrogens with one attached hydrogen (secondary N) is 2. The zero-order valence-corrected chi connectivity index (χ0v) is 16.6. The van der Waals surface area contributed by atoms with E-state index in [4.69, 9.17) is 5.11 Å². The Kier molecular flexibility index (Phi) is 5.57. The molecule has 6 nitrogen and oxygen atoms in total. The molecule has 30 heavy (non-hydrogen) atoms. The minimum Gasteiger partial charge on any atom is -0.481 e. The van der Waals surface area contributed by atoms with Crippen molar-refractivity contribution in [1.82, 2.24) is 19.9 Å². The van der Waals surface area contributed by atoms with Crippen LogP contribution in [-0.2, 0) is 4.79 Å². The fraction of sp³-hybridized carbons (Fsp3) is 0.125. The number of H-pyrrole nitrogens is 2. The van der Waals surface area contributed by atoms with Crippen LogP contribution in [0.3, 0.4) is 0 Å². The second kappa shape index (κ2) is 8.61. The van der Waals surface area contributed by atoms with Crippen LogP contribution in [0.4, 0.5) is 0 Å². The van der Waals surface area contributed by atoms with Crippen LogP contribution >= 0.6 is 0 Å². The van der Waals surface area contributed by atoms with Gasteiger partial charge in [0.1, 0.15) is 0 Å². The summed E-state index contributed by atoms with van der Waals surface area (Å²) in [6.07, 6.45) is 9.11. The van der Waals surface area contributed by atoms with Crippen molar-refractivity contribution < 1.29 is 9.90 Å². The smallest absolute Gasteiger partial charge is 0.303 e. The van der Waals surface area contributed by atoms with Crippen molar-refractivity contribution in [2.75, 3.05) is 0 Å². The summed E-state index contributed by atoms with van der Waals surface area (Å²) >= 11 is 0. The third-order valence-electron chi connectivity index (χ3n) is 4.51. The maximum absolute atomic E-state index is 9.60. The highest BCUT2D eigenvalue weighted by atomic mass is 16.4. The quantitative estimate of drug-likeness (QED) is 0.364. The average molecular weight is 398 g/mol. The first kappa shape index (κ1) is 19.4. The Bertz CT molecular complexity index is 1120. The molecule has 0 saturated carbocycles. The lowest BCUT2D eigenvalue weighted by Gasteiger charge is -1.85. The van der Waals surface area contributed by atoms with Gasteiger partial charge in [-0.2, -0.15) is 0 Å². The van der Waals surface area contributed by atoms with Gasteiger partial charge in [0.15, 0.2) is 0 Å². The van der Waals surface area contributed by atoms with Crippen molar-refractivity contribution in [1.29, 1.82) is 0 Å². The number of fused-ring (bicyclic) bond motifs is 8. The predicted molar refractivity (Wildman–Crippen MR) is 121 cm³/mol. The van der Waals surface area contributed by atoms with E-state index in [1.807, 2.05) is 55.5 Å². The van der Waals surface area contributed by atoms with E-state index < -0.39 is 5.97 Å². The molecule has 0 fully saturated rings. The number of aromatic nitrogens is 4. The number of nitrogens with zero attached hydrogens (tertiary/aromatic N) is 2. The van der Waals surface area contributed by atoms with Gasteiger partial charge in [-0.1, -0.05) is 6.92 Å². The zero-order valence-electron chi connectivity index (χ0n) is 16.6. The Morgan fingerprint density at radius 3 is 1.30 bits per heavy atom. The molecule has 2 aliphatic rings. The largest absolute Gasteiger partial charge is 0.481 e. The molecule has 2 aliphatic heterocycles. The number of rotatable bonds is 2. The first-order chi connectivity index (χ1) is 14.6. The summed E-state index contributed by atoms with van der Waals surface area (Å²) in [4.78, 5) is 25.6. The Labute approximate surface area is 173 Å². The van der Waals surface area contributed by atoms with Gasteiger partial charge in [0.2, 0.25) is 0 Å². The fourth-order valence-corrected chi connectivity index (χ4v) is 3.16. The Balaban J connectivity index is 0.000000322. The second-order valence-electron chi connectivity index (χ2n) is 7.05. The number of aromatic amines is 2. The molecule has 150 valence electrons. The molecule has 3 N–H and O–H groups in total. The molecule has 0 saturated heterocycles. The highest BCUT2D eigenvalue weighted by Crippen LogP contribution is 2.16. The van der Waals surface area contributed by atoms with Crippen LogP contribution in [0.15, 0.2) is 48.5 Å². The molecule has 0 atom stereocenters. The summed E-state index contributed by atoms with van der Waals surface area (Å²) < 4.78 is 0. The van der Waals surface area contributed by atoms with E-state index in [1.165, 1.54) is 0 Å². The zero-order chi connectivity index (χ0) is 20.9. The van der Waals surface area contributed by atoms with Crippen LogP contribution in [0, 0.1) is 0 Å². The highest BCUT2D eigenvalue weighted by molar-refractivity contribution is 5.77. The van der Waals surface area contributed by atoms with Gasteiger partial charge in [0.05, 0.1) is 22.8 Å². The summed E-state index contributed by atoms with van der Waals surface area (Å²) in [6, 6.07) is 16.4. The van der Waals surface area contributed by atoms with Crippen LogP contribution in [-0.4, -0.2) is 31.0 Å². The molecule has 0 amide bonds. The molecule has 5 rings (SSSR count). The highest BCUT2D eigenvalue weighted by Gasteiger charge is 2.01. The van der Waals surface area contributed by atoms with Gasteiger partial charge in [0.25, 0.3) is 0 Å². The maximum Gasteiger partial charge on any atom is 0.303 e. The molecule has 0 unspecified atom stereocenters. The fourth-order valence-electron chi connectivity index (χ4n) is 3.16. The molecule has 0 spiro atoms. The van der Waals surface area contributed by atoms with Crippen LogP contribution < -0.4 is 0 Å². The summed E-state index contributed by atoms with van der Waals surface area (Å²) in [7, 11) is 0. The third-order valence-corrected chi connectivity index (χ3v) is 4.51. The average Bonchev–Trinajstić information content (AvgIpc) is 3.47. The molecule has 0 aromatic carbocycles. The molecule has 5 heterocycles. The van der Waals surface area contributed by atoms with E-state index in [0.29, 0.717) is 6.42 Å². The molecule has 0 radical (unpaired) electrons. The standard InChI is InChI=1S/C20H14N4.C4H8O2/c1-2-14-10-16-5-6-18(23-16)12-20-8-7-19(24-20)11-17-4-3-15(22-17)9-13(1)21-14;1-2-3-4(5)6/h1-12,21,24H;2-3H2,1H3,(H,5,6). The van der Waals surface area contributed by atoms with Crippen LogP contribution in [0.2, 0.25) is 0 Å². The number of carbonyl (C=O) groups is 1. The lowest BCUT2D eigenvalue weighted by Crippen LogP contribution is -1.90. The van der Waals surface area contributed by atoms with E-state index in [1.54, 1.807) is 0 Å². The van der Waals surface area contributed by atoms with Gasteiger partial charge < -0.3 is 15.1 Å². The predicted octanol–water partition coefficient (Wildman–Crippen LogP) is 5.53. The summed E-state index contributed by atoms with van der Waals surface area (Å²) in [5.74, 6) is -0.711. The molecular weight excluding hydrogens is 376 g/mol. The first-order valence-electron chi connectivity index (χ1n) is 9.83. The lowest BCUT2D eigenvalue weighted by atomic mass is 10.3. The number of hydrogen-bond donors (Lipinski definition) is 3. The third kappa shape index (κ3) is 4.91.